The molecule has 17 heavy (non-hydrogen) atoms. The molecular weight excluding hydrogens is 255 g/mol. The molecule has 0 saturated carbocycles. The molecule has 0 aromatic heterocycles. The Balaban J connectivity index is 2.65. The molecule has 0 aliphatic heterocycles. The normalized spacial score (nSPS) is 9.65. The van der Waals surface area contributed by atoms with Crippen LogP contribution >= 0.6 is 23.2 Å². The van der Waals surface area contributed by atoms with Crippen LogP contribution in [0.5, 0.6) is 5.75 Å². The van der Waals surface area contributed by atoms with Crippen LogP contribution in [-0.2, 0) is 6.42 Å². The molecule has 0 amide bonds. The first-order chi connectivity index (χ1) is 8.19. The van der Waals surface area contributed by atoms with Gasteiger partial charge in [-0.15, -0.1) is 11.8 Å². The van der Waals surface area contributed by atoms with Gasteiger partial charge in [0, 0.05) is 12.8 Å². The summed E-state index contributed by atoms with van der Waals surface area (Å²) in [5, 5.41) is 1.10. The Morgan fingerprint density at radius 1 is 1.12 bits per heavy atom. The van der Waals surface area contributed by atoms with Crippen molar-refractivity contribution >= 4 is 23.2 Å². The Morgan fingerprint density at radius 3 is 2.24 bits per heavy atom. The molecule has 0 saturated heterocycles. The molecule has 0 unspecified atom stereocenters. The fraction of sp³-hybridized carbons (Fsp3) is 0.429. The van der Waals surface area contributed by atoms with Gasteiger partial charge in [-0.05, 0) is 30.5 Å². The van der Waals surface area contributed by atoms with Gasteiger partial charge in [0.15, 0.2) is 5.75 Å². The Morgan fingerprint density at radius 2 is 1.71 bits per heavy atom. The minimum atomic E-state index is 0.536. The van der Waals surface area contributed by atoms with Gasteiger partial charge in [-0.25, -0.2) is 0 Å². The predicted molar refractivity (Wildman–Crippen MR) is 74.0 cm³/mol. The van der Waals surface area contributed by atoms with Gasteiger partial charge >= 0.3 is 0 Å². The van der Waals surface area contributed by atoms with Crippen LogP contribution in [0.15, 0.2) is 12.1 Å². The number of benzene rings is 1. The monoisotopic (exact) mass is 270 g/mol. The van der Waals surface area contributed by atoms with Crippen LogP contribution in [0.1, 0.15) is 31.7 Å². The fourth-order valence-electron chi connectivity index (χ4n) is 1.46. The van der Waals surface area contributed by atoms with Crippen LogP contribution < -0.4 is 4.74 Å². The lowest BCUT2D eigenvalue weighted by atomic mass is 10.1. The molecule has 0 aliphatic rings. The zero-order chi connectivity index (χ0) is 12.7. The van der Waals surface area contributed by atoms with E-state index in [4.69, 9.17) is 27.9 Å². The van der Waals surface area contributed by atoms with Crippen molar-refractivity contribution in [1.29, 1.82) is 0 Å². The van der Waals surface area contributed by atoms with Gasteiger partial charge in [-0.3, -0.25) is 0 Å². The van der Waals surface area contributed by atoms with Gasteiger partial charge in [-0.1, -0.05) is 30.1 Å². The predicted octanol–water partition coefficient (Wildman–Crippen LogP) is 4.74. The van der Waals surface area contributed by atoms with E-state index in [2.05, 4.69) is 18.8 Å². The summed E-state index contributed by atoms with van der Waals surface area (Å²) < 4.78 is 5.10. The van der Waals surface area contributed by atoms with E-state index < -0.39 is 0 Å². The van der Waals surface area contributed by atoms with Crippen LogP contribution in [0.4, 0.5) is 0 Å². The first-order valence-electron chi connectivity index (χ1n) is 5.66. The van der Waals surface area contributed by atoms with Crippen LogP contribution in [0.25, 0.3) is 0 Å². The SMILES string of the molecule is CCCC#CCCc1cc(Cl)c(OC)c(Cl)c1. The first kappa shape index (κ1) is 14.2. The third-order valence-electron chi connectivity index (χ3n) is 2.30. The quantitative estimate of drug-likeness (QED) is 0.719. The van der Waals surface area contributed by atoms with E-state index in [1.54, 1.807) is 7.11 Å². The highest BCUT2D eigenvalue weighted by molar-refractivity contribution is 6.37. The molecule has 0 bridgehead atoms. The summed E-state index contributed by atoms with van der Waals surface area (Å²) >= 11 is 12.1. The topological polar surface area (TPSA) is 9.23 Å². The third-order valence-corrected chi connectivity index (χ3v) is 2.86. The second kappa shape index (κ2) is 7.48. The Hall–Kier alpha value is -0.840. The van der Waals surface area contributed by atoms with E-state index in [0.29, 0.717) is 15.8 Å². The van der Waals surface area contributed by atoms with Crippen LogP contribution in [0.2, 0.25) is 10.0 Å². The summed E-state index contributed by atoms with van der Waals surface area (Å²) in [4.78, 5) is 0. The maximum Gasteiger partial charge on any atom is 0.156 e. The van der Waals surface area contributed by atoms with Crippen molar-refractivity contribution < 1.29 is 4.74 Å². The molecule has 92 valence electrons. The summed E-state index contributed by atoms with van der Waals surface area (Å²) in [5.41, 5.74) is 1.09. The molecule has 1 nitrogen and oxygen atoms in total. The molecule has 1 aromatic carbocycles. The summed E-state index contributed by atoms with van der Waals surface area (Å²) in [7, 11) is 1.56. The number of unbranched alkanes of at least 4 members (excludes halogenated alkanes) is 1. The average molecular weight is 271 g/mol. The van der Waals surface area contributed by atoms with Gasteiger partial charge < -0.3 is 4.74 Å². The van der Waals surface area contributed by atoms with Crippen molar-refractivity contribution in [3.63, 3.8) is 0 Å². The maximum atomic E-state index is 6.05. The lowest BCUT2D eigenvalue weighted by molar-refractivity contribution is 0.415. The largest absolute Gasteiger partial charge is 0.494 e. The minimum absolute atomic E-state index is 0.536. The molecule has 1 rings (SSSR count). The van der Waals surface area contributed by atoms with E-state index in [0.717, 1.165) is 31.2 Å². The molecule has 0 aliphatic carbocycles. The van der Waals surface area contributed by atoms with Crippen molar-refractivity contribution in [1.82, 2.24) is 0 Å². The summed E-state index contributed by atoms with van der Waals surface area (Å²) in [6.45, 7) is 2.12. The summed E-state index contributed by atoms with van der Waals surface area (Å²) in [5.74, 6) is 6.79. The summed E-state index contributed by atoms with van der Waals surface area (Å²) in [6.07, 6.45) is 3.76. The van der Waals surface area contributed by atoms with Gasteiger partial charge in [0.2, 0.25) is 0 Å². The molecule has 1 aromatic rings. The average Bonchev–Trinajstić information content (AvgIpc) is 2.28. The number of hydrogen-bond donors (Lipinski definition) is 0. The molecule has 0 radical (unpaired) electrons. The van der Waals surface area contributed by atoms with E-state index in [-0.39, 0.29) is 0 Å². The third kappa shape index (κ3) is 4.50. The minimum Gasteiger partial charge on any atom is -0.494 e. The molecule has 0 atom stereocenters. The fourth-order valence-corrected chi connectivity index (χ4v) is 2.15. The molecule has 0 fully saturated rings. The number of halogens is 2. The second-order valence-corrected chi connectivity index (χ2v) is 4.51. The Bertz CT molecular complexity index is 407. The lowest BCUT2D eigenvalue weighted by Crippen LogP contribution is -1.90. The second-order valence-electron chi connectivity index (χ2n) is 3.70. The highest BCUT2D eigenvalue weighted by atomic mass is 35.5. The zero-order valence-corrected chi connectivity index (χ0v) is 11.7. The maximum absolute atomic E-state index is 6.05. The Kier molecular flexibility index (Phi) is 6.26. The Labute approximate surface area is 113 Å². The van der Waals surface area contributed by atoms with Gasteiger partial charge in [-0.2, -0.15) is 0 Å². The van der Waals surface area contributed by atoms with Crippen molar-refractivity contribution in [2.75, 3.05) is 7.11 Å². The highest BCUT2D eigenvalue weighted by Crippen LogP contribution is 2.34. The van der Waals surface area contributed by atoms with Crippen molar-refractivity contribution in [2.45, 2.75) is 32.6 Å². The van der Waals surface area contributed by atoms with Crippen LogP contribution in [0, 0.1) is 11.8 Å². The summed E-state index contributed by atoms with van der Waals surface area (Å²) in [6, 6.07) is 3.77. The molecule has 0 spiro atoms. The number of hydrogen-bond acceptors (Lipinski definition) is 1. The van der Waals surface area contributed by atoms with Crippen LogP contribution in [0.3, 0.4) is 0 Å². The molecule has 0 N–H and O–H groups in total. The van der Waals surface area contributed by atoms with E-state index >= 15 is 0 Å². The lowest BCUT2D eigenvalue weighted by Gasteiger charge is -2.07. The van der Waals surface area contributed by atoms with E-state index in [1.807, 2.05) is 12.1 Å². The van der Waals surface area contributed by atoms with E-state index in [1.165, 1.54) is 0 Å². The number of rotatable bonds is 4. The zero-order valence-electron chi connectivity index (χ0n) is 10.1. The van der Waals surface area contributed by atoms with Gasteiger partial charge in [0.1, 0.15) is 0 Å². The van der Waals surface area contributed by atoms with Crippen molar-refractivity contribution in [2.24, 2.45) is 0 Å². The van der Waals surface area contributed by atoms with Crippen LogP contribution in [-0.4, -0.2) is 7.11 Å². The number of ether oxygens (including phenoxy) is 1. The molecule has 3 heteroatoms. The van der Waals surface area contributed by atoms with E-state index in [9.17, 15) is 0 Å². The first-order valence-corrected chi connectivity index (χ1v) is 6.42. The van der Waals surface area contributed by atoms with Gasteiger partial charge in [0.05, 0.1) is 17.2 Å². The van der Waals surface area contributed by atoms with Crippen molar-refractivity contribution in [3.05, 3.63) is 27.7 Å². The smallest absolute Gasteiger partial charge is 0.156 e. The number of methoxy groups -OCH3 is 1. The molecular formula is C14H16Cl2O. The standard InChI is InChI=1S/C14H16Cl2O/c1-3-4-5-6-7-8-11-9-12(15)14(17-2)13(16)10-11/h9-10H,3-4,7-8H2,1-2H3. The molecule has 0 heterocycles. The highest BCUT2D eigenvalue weighted by Gasteiger charge is 2.07. The number of aryl methyl sites for hydroxylation is 1. The van der Waals surface area contributed by atoms with Gasteiger partial charge in [0.25, 0.3) is 0 Å². The van der Waals surface area contributed by atoms with Crippen molar-refractivity contribution in [3.8, 4) is 17.6 Å².